The summed E-state index contributed by atoms with van der Waals surface area (Å²) in [4.78, 5) is 29.6. The van der Waals surface area contributed by atoms with Crippen molar-refractivity contribution in [2.45, 2.75) is 28.5 Å². The zero-order chi connectivity index (χ0) is 19.8. The molecule has 4 N–H and O–H groups in total. The van der Waals surface area contributed by atoms with Crippen molar-refractivity contribution in [1.29, 1.82) is 0 Å². The number of carbonyl (C=O) groups excluding carboxylic acids is 2. The van der Waals surface area contributed by atoms with Gasteiger partial charge in [-0.25, -0.2) is 4.79 Å². The molecule has 0 radical (unpaired) electrons. The molecule has 0 aliphatic carbocycles. The van der Waals surface area contributed by atoms with Gasteiger partial charge < -0.3 is 30.9 Å². The van der Waals surface area contributed by atoms with Crippen LogP contribution in [0.2, 0.25) is 0 Å². The third-order valence-electron chi connectivity index (χ3n) is 4.40. The number of carbonyl (C=O) groups is 2. The minimum Gasteiger partial charge on any atom is -0.447 e. The van der Waals surface area contributed by atoms with Gasteiger partial charge in [0, 0.05) is 13.1 Å². The number of hydrogen-bond acceptors (Lipinski definition) is 5. The van der Waals surface area contributed by atoms with Gasteiger partial charge in [0.05, 0.1) is 17.9 Å². The molecule has 0 unspecified atom stereocenters. The first-order valence-corrected chi connectivity index (χ1v) is 9.36. The summed E-state index contributed by atoms with van der Waals surface area (Å²) in [6.45, 7) is 6.64. The predicted molar refractivity (Wildman–Crippen MR) is 102 cm³/mol. The van der Waals surface area contributed by atoms with Crippen molar-refractivity contribution in [2.24, 2.45) is 4.99 Å². The smallest absolute Gasteiger partial charge is 0.407 e. The molecule has 0 bridgehead atoms. The summed E-state index contributed by atoms with van der Waals surface area (Å²) in [7, 11) is 0. The van der Waals surface area contributed by atoms with E-state index in [1.165, 1.54) is 0 Å². The first-order valence-electron chi connectivity index (χ1n) is 8.23. The summed E-state index contributed by atoms with van der Waals surface area (Å²) < 4.78 is 3.08. The molecule has 148 valence electrons. The molecule has 3 atom stereocenters. The van der Waals surface area contributed by atoms with Crippen LogP contribution in [0, 0.1) is 0 Å². The molecule has 3 aliphatic rings. The number of guanidine groups is 1. The first kappa shape index (κ1) is 19.9. The van der Waals surface area contributed by atoms with Crippen molar-refractivity contribution in [1.82, 2.24) is 26.2 Å². The van der Waals surface area contributed by atoms with E-state index >= 15 is 0 Å². The molecule has 2 saturated heterocycles. The lowest BCUT2D eigenvalue weighted by Gasteiger charge is -2.48. The van der Waals surface area contributed by atoms with E-state index in [9.17, 15) is 9.59 Å². The zero-order valence-corrected chi connectivity index (χ0v) is 16.7. The van der Waals surface area contributed by atoms with Crippen LogP contribution in [0.5, 0.6) is 0 Å². The number of nitrogens with zero attached hydrogens (tertiary/aromatic N) is 2. The van der Waals surface area contributed by atoms with Gasteiger partial charge in [-0.05, 0) is 13.0 Å². The number of ether oxygens (including phenoxy) is 1. The maximum Gasteiger partial charge on any atom is 0.407 e. The van der Waals surface area contributed by atoms with Crippen LogP contribution in [0.3, 0.4) is 0 Å². The van der Waals surface area contributed by atoms with Crippen molar-refractivity contribution in [3.05, 3.63) is 24.6 Å². The minimum absolute atomic E-state index is 0.0167. The summed E-state index contributed by atoms with van der Waals surface area (Å²) in [5.74, 6) is -0.125. The second kappa shape index (κ2) is 7.29. The molecule has 3 aliphatic heterocycles. The Kier molecular flexibility index (Phi) is 5.38. The van der Waals surface area contributed by atoms with E-state index in [1.54, 1.807) is 6.92 Å². The minimum atomic E-state index is -2.18. The first-order chi connectivity index (χ1) is 12.7. The quantitative estimate of drug-likeness (QED) is 0.377. The zero-order valence-electron chi connectivity index (χ0n) is 14.4. The largest absolute Gasteiger partial charge is 0.447 e. The van der Waals surface area contributed by atoms with E-state index in [4.69, 9.17) is 39.5 Å². The van der Waals surface area contributed by atoms with Crippen LogP contribution in [0.25, 0.3) is 0 Å². The van der Waals surface area contributed by atoms with Crippen molar-refractivity contribution >= 4 is 52.8 Å². The fraction of sp³-hybridized carbons (Fsp3) is 0.533. The number of alkyl carbamates (subject to hydrolysis) is 1. The third-order valence-corrected chi connectivity index (χ3v) is 4.88. The fourth-order valence-electron chi connectivity index (χ4n) is 3.36. The van der Waals surface area contributed by atoms with Gasteiger partial charge in [-0.1, -0.05) is 47.5 Å². The molecule has 12 heteroatoms. The molecule has 0 aromatic heterocycles. The van der Waals surface area contributed by atoms with Crippen molar-refractivity contribution in [3.8, 4) is 0 Å². The normalized spacial score (nSPS) is 30.1. The average molecular weight is 438 g/mol. The fourth-order valence-corrected chi connectivity index (χ4v) is 3.49. The number of rotatable bonds is 3. The SMILES string of the molecule is C=C1N[C@H]2[C@H](COC(=O)NCC)N/C(=N\C(=O)C(Cl)(Cl)Cl)N3CC=C[C@]23N1. The Morgan fingerprint density at radius 1 is 1.48 bits per heavy atom. The van der Waals surface area contributed by atoms with Gasteiger partial charge in [0.25, 0.3) is 3.79 Å². The van der Waals surface area contributed by atoms with Gasteiger partial charge >= 0.3 is 12.0 Å². The van der Waals surface area contributed by atoms with Crippen LogP contribution in [-0.4, -0.2) is 64.1 Å². The Morgan fingerprint density at radius 3 is 2.89 bits per heavy atom. The highest BCUT2D eigenvalue weighted by Gasteiger charge is 2.57. The van der Waals surface area contributed by atoms with E-state index in [1.807, 2.05) is 17.1 Å². The van der Waals surface area contributed by atoms with Crippen LogP contribution in [0.1, 0.15) is 6.92 Å². The Morgan fingerprint density at radius 2 is 2.22 bits per heavy atom. The highest BCUT2D eigenvalue weighted by molar-refractivity contribution is 6.76. The number of amides is 2. The van der Waals surface area contributed by atoms with Crippen LogP contribution in [-0.2, 0) is 9.53 Å². The van der Waals surface area contributed by atoms with Crippen molar-refractivity contribution in [2.75, 3.05) is 19.7 Å². The molecule has 0 aromatic rings. The molecular weight excluding hydrogens is 419 g/mol. The van der Waals surface area contributed by atoms with Crippen molar-refractivity contribution in [3.63, 3.8) is 0 Å². The maximum atomic E-state index is 12.1. The van der Waals surface area contributed by atoms with E-state index in [0.29, 0.717) is 18.9 Å². The highest BCUT2D eigenvalue weighted by Crippen LogP contribution is 2.35. The molecule has 2 amide bonds. The van der Waals surface area contributed by atoms with Gasteiger partial charge in [-0.15, -0.1) is 0 Å². The highest BCUT2D eigenvalue weighted by atomic mass is 35.6. The Hall–Kier alpha value is -1.84. The third kappa shape index (κ3) is 3.76. The van der Waals surface area contributed by atoms with E-state index in [-0.39, 0.29) is 18.6 Å². The predicted octanol–water partition coefficient (Wildman–Crippen LogP) is 0.558. The molecular formula is C15H19Cl3N6O3. The average Bonchev–Trinajstić information content (AvgIpc) is 3.14. The van der Waals surface area contributed by atoms with Crippen LogP contribution < -0.4 is 21.3 Å². The van der Waals surface area contributed by atoms with Gasteiger partial charge in [-0.2, -0.15) is 4.99 Å². The molecule has 9 nitrogen and oxygen atoms in total. The lowest BCUT2D eigenvalue weighted by Crippen LogP contribution is -2.74. The van der Waals surface area contributed by atoms with Crippen LogP contribution in [0.4, 0.5) is 4.79 Å². The van der Waals surface area contributed by atoms with Crippen molar-refractivity contribution < 1.29 is 14.3 Å². The lowest BCUT2D eigenvalue weighted by molar-refractivity contribution is -0.117. The van der Waals surface area contributed by atoms with E-state index < -0.39 is 27.5 Å². The summed E-state index contributed by atoms with van der Waals surface area (Å²) in [6.07, 6.45) is 3.32. The van der Waals surface area contributed by atoms with E-state index in [2.05, 4.69) is 32.8 Å². The standard InChI is InChI=1S/C15H19Cl3N6O3/c1-3-19-13(26)27-7-9-10-14(23-8(2)20-10)5-4-6-24(14)12(21-9)22-11(25)15(16,17)18/h4-5,9-10,20,23H,2-3,6-7H2,1H3,(H,19,26)(H,21,22,25)/t9-,10-,14+/m0/s1. The lowest BCUT2D eigenvalue weighted by atomic mass is 9.92. The summed E-state index contributed by atoms with van der Waals surface area (Å²) in [5, 5.41) is 12.2. The number of aliphatic imine (C=N–C) groups is 1. The van der Waals surface area contributed by atoms with E-state index in [0.717, 1.165) is 0 Å². The Labute approximate surface area is 171 Å². The van der Waals surface area contributed by atoms with Gasteiger partial charge in [0.2, 0.25) is 5.96 Å². The summed E-state index contributed by atoms with van der Waals surface area (Å²) in [6, 6.07) is -0.680. The maximum absolute atomic E-state index is 12.1. The monoisotopic (exact) mass is 436 g/mol. The summed E-state index contributed by atoms with van der Waals surface area (Å²) >= 11 is 16.9. The van der Waals surface area contributed by atoms with Gasteiger partial charge in [0.15, 0.2) is 5.66 Å². The second-order valence-corrected chi connectivity index (χ2v) is 8.46. The number of hydrogen-bond donors (Lipinski definition) is 4. The molecule has 27 heavy (non-hydrogen) atoms. The molecule has 2 fully saturated rings. The van der Waals surface area contributed by atoms with Gasteiger partial charge in [0.1, 0.15) is 6.61 Å². The topological polar surface area (TPSA) is 107 Å². The Bertz CT molecular complexity index is 722. The molecule has 0 saturated carbocycles. The van der Waals surface area contributed by atoms with Crippen LogP contribution in [0.15, 0.2) is 29.5 Å². The molecule has 1 spiro atoms. The van der Waals surface area contributed by atoms with Gasteiger partial charge in [-0.3, -0.25) is 4.79 Å². The number of halogens is 3. The molecule has 3 heterocycles. The molecule has 3 rings (SSSR count). The summed E-state index contributed by atoms with van der Waals surface area (Å²) in [5.41, 5.74) is -0.732. The van der Waals surface area contributed by atoms with Crippen LogP contribution >= 0.6 is 34.8 Å². The number of alkyl halides is 3. The number of nitrogens with one attached hydrogen (secondary N) is 4. The second-order valence-electron chi connectivity index (χ2n) is 6.18. The Balaban J connectivity index is 1.89. The molecule has 0 aromatic carbocycles.